The summed E-state index contributed by atoms with van der Waals surface area (Å²) in [6, 6.07) is 8.98. The summed E-state index contributed by atoms with van der Waals surface area (Å²) in [6.07, 6.45) is 0. The normalized spacial score (nSPS) is 10.4. The number of halogens is 2. The standard InChI is InChI=1S/C13H11Cl2NO/c1-8-6-10(14)7-9(2)13(8)17-12-5-3-4-11(15)16-12/h3-7H,1-2H3. The molecule has 0 N–H and O–H groups in total. The maximum absolute atomic E-state index is 5.96. The summed E-state index contributed by atoms with van der Waals surface area (Å²) in [7, 11) is 0. The number of pyridine rings is 1. The van der Waals surface area contributed by atoms with Gasteiger partial charge in [0.15, 0.2) is 0 Å². The number of nitrogens with zero attached hydrogens (tertiary/aromatic N) is 1. The van der Waals surface area contributed by atoms with Crippen LogP contribution in [0, 0.1) is 13.8 Å². The minimum Gasteiger partial charge on any atom is -0.438 e. The zero-order valence-electron chi connectivity index (χ0n) is 9.50. The van der Waals surface area contributed by atoms with Crippen molar-refractivity contribution in [3.63, 3.8) is 0 Å². The SMILES string of the molecule is Cc1cc(Cl)cc(C)c1Oc1cccc(Cl)n1. The number of ether oxygens (including phenoxy) is 1. The van der Waals surface area contributed by atoms with Crippen molar-refractivity contribution in [3.8, 4) is 11.6 Å². The van der Waals surface area contributed by atoms with E-state index in [2.05, 4.69) is 4.98 Å². The largest absolute Gasteiger partial charge is 0.438 e. The molecule has 0 aliphatic heterocycles. The molecule has 0 saturated heterocycles. The van der Waals surface area contributed by atoms with E-state index in [-0.39, 0.29) is 0 Å². The van der Waals surface area contributed by atoms with E-state index in [1.54, 1.807) is 18.2 Å². The van der Waals surface area contributed by atoms with Crippen LogP contribution in [0.25, 0.3) is 0 Å². The van der Waals surface area contributed by atoms with E-state index < -0.39 is 0 Å². The Bertz CT molecular complexity index is 532. The van der Waals surface area contributed by atoms with Gasteiger partial charge in [-0.3, -0.25) is 0 Å². The van der Waals surface area contributed by atoms with Crippen LogP contribution >= 0.6 is 23.2 Å². The van der Waals surface area contributed by atoms with E-state index in [1.165, 1.54) is 0 Å². The Hall–Kier alpha value is -1.25. The van der Waals surface area contributed by atoms with Crippen LogP contribution in [0.4, 0.5) is 0 Å². The Kier molecular flexibility index (Phi) is 3.55. The third kappa shape index (κ3) is 2.90. The van der Waals surface area contributed by atoms with Crippen LogP contribution in [0.3, 0.4) is 0 Å². The average Bonchev–Trinajstić information content (AvgIpc) is 2.23. The van der Waals surface area contributed by atoms with Crippen LogP contribution in [0.15, 0.2) is 30.3 Å². The first-order valence-electron chi connectivity index (χ1n) is 5.13. The summed E-state index contributed by atoms with van der Waals surface area (Å²) >= 11 is 11.8. The highest BCUT2D eigenvalue weighted by Crippen LogP contribution is 2.30. The summed E-state index contributed by atoms with van der Waals surface area (Å²) in [6.45, 7) is 3.89. The van der Waals surface area contributed by atoms with Crippen molar-refractivity contribution >= 4 is 23.2 Å². The van der Waals surface area contributed by atoms with E-state index in [9.17, 15) is 0 Å². The molecule has 0 amide bonds. The van der Waals surface area contributed by atoms with Gasteiger partial charge in [-0.1, -0.05) is 29.3 Å². The average molecular weight is 268 g/mol. The molecule has 4 heteroatoms. The third-order valence-corrected chi connectivity index (χ3v) is 2.75. The first-order chi connectivity index (χ1) is 8.06. The molecule has 2 aromatic rings. The summed E-state index contributed by atoms with van der Waals surface area (Å²) in [5.41, 5.74) is 1.94. The molecule has 2 nitrogen and oxygen atoms in total. The highest BCUT2D eigenvalue weighted by Gasteiger charge is 2.08. The van der Waals surface area contributed by atoms with E-state index in [0.717, 1.165) is 16.9 Å². The van der Waals surface area contributed by atoms with Gasteiger partial charge in [0.2, 0.25) is 5.88 Å². The summed E-state index contributed by atoms with van der Waals surface area (Å²) in [4.78, 5) is 4.08. The lowest BCUT2D eigenvalue weighted by Gasteiger charge is -2.11. The van der Waals surface area contributed by atoms with Crippen LogP contribution in [0.5, 0.6) is 11.6 Å². The molecular formula is C13H11Cl2NO. The quantitative estimate of drug-likeness (QED) is 0.730. The van der Waals surface area contributed by atoms with Gasteiger partial charge in [0.25, 0.3) is 0 Å². The number of aromatic nitrogens is 1. The fourth-order valence-electron chi connectivity index (χ4n) is 1.61. The monoisotopic (exact) mass is 267 g/mol. The van der Waals surface area contributed by atoms with Gasteiger partial charge in [-0.2, -0.15) is 0 Å². The minimum atomic E-state index is 0.409. The van der Waals surface area contributed by atoms with E-state index in [4.69, 9.17) is 27.9 Å². The van der Waals surface area contributed by atoms with Gasteiger partial charge in [0.05, 0.1) is 0 Å². The van der Waals surface area contributed by atoms with Gasteiger partial charge >= 0.3 is 0 Å². The van der Waals surface area contributed by atoms with Crippen LogP contribution in [-0.4, -0.2) is 4.98 Å². The topological polar surface area (TPSA) is 22.1 Å². The molecule has 0 unspecified atom stereocenters. The predicted octanol–water partition coefficient (Wildman–Crippen LogP) is 4.80. The van der Waals surface area contributed by atoms with Crippen LogP contribution in [0.1, 0.15) is 11.1 Å². The molecule has 1 aromatic carbocycles. The lowest BCUT2D eigenvalue weighted by Crippen LogP contribution is -1.93. The molecule has 88 valence electrons. The van der Waals surface area contributed by atoms with Gasteiger partial charge in [-0.05, 0) is 43.2 Å². The van der Waals surface area contributed by atoms with E-state index >= 15 is 0 Å². The van der Waals surface area contributed by atoms with Crippen molar-refractivity contribution in [1.82, 2.24) is 4.98 Å². The van der Waals surface area contributed by atoms with Crippen molar-refractivity contribution in [3.05, 3.63) is 51.6 Å². The lowest BCUT2D eigenvalue weighted by molar-refractivity contribution is 0.456. The number of hydrogen-bond donors (Lipinski definition) is 0. The van der Waals surface area contributed by atoms with Crippen LogP contribution in [-0.2, 0) is 0 Å². The number of benzene rings is 1. The highest BCUT2D eigenvalue weighted by molar-refractivity contribution is 6.30. The second-order valence-electron chi connectivity index (χ2n) is 3.77. The molecule has 1 heterocycles. The minimum absolute atomic E-state index is 0.409. The summed E-state index contributed by atoms with van der Waals surface area (Å²) < 4.78 is 5.72. The molecular weight excluding hydrogens is 257 g/mol. The Morgan fingerprint density at radius 3 is 2.29 bits per heavy atom. The predicted molar refractivity (Wildman–Crippen MR) is 70.2 cm³/mol. The van der Waals surface area contributed by atoms with Crippen LogP contribution < -0.4 is 4.74 Å². The van der Waals surface area contributed by atoms with Gasteiger partial charge in [-0.25, -0.2) is 4.98 Å². The molecule has 0 bridgehead atoms. The van der Waals surface area contributed by atoms with Gasteiger partial charge < -0.3 is 4.74 Å². The van der Waals surface area contributed by atoms with Crippen molar-refractivity contribution in [2.75, 3.05) is 0 Å². The summed E-state index contributed by atoms with van der Waals surface area (Å²) in [5, 5.41) is 1.11. The number of rotatable bonds is 2. The molecule has 0 atom stereocenters. The van der Waals surface area contributed by atoms with E-state index in [1.807, 2.05) is 26.0 Å². The highest BCUT2D eigenvalue weighted by atomic mass is 35.5. The Morgan fingerprint density at radius 1 is 1.06 bits per heavy atom. The molecule has 0 fully saturated rings. The molecule has 2 rings (SSSR count). The summed E-state index contributed by atoms with van der Waals surface area (Å²) in [5.74, 6) is 1.25. The molecule has 17 heavy (non-hydrogen) atoms. The fraction of sp³-hybridized carbons (Fsp3) is 0.154. The third-order valence-electron chi connectivity index (χ3n) is 2.32. The van der Waals surface area contributed by atoms with Crippen molar-refractivity contribution in [2.24, 2.45) is 0 Å². The smallest absolute Gasteiger partial charge is 0.220 e. The van der Waals surface area contributed by atoms with Crippen LogP contribution in [0.2, 0.25) is 10.2 Å². The molecule has 0 aliphatic rings. The molecule has 1 aromatic heterocycles. The van der Waals surface area contributed by atoms with Crippen molar-refractivity contribution < 1.29 is 4.74 Å². The zero-order valence-corrected chi connectivity index (χ0v) is 11.0. The molecule has 0 spiro atoms. The lowest BCUT2D eigenvalue weighted by atomic mass is 10.1. The fourth-order valence-corrected chi connectivity index (χ4v) is 2.09. The maximum Gasteiger partial charge on any atom is 0.220 e. The van der Waals surface area contributed by atoms with Gasteiger partial charge in [0.1, 0.15) is 10.9 Å². The molecule has 0 saturated carbocycles. The van der Waals surface area contributed by atoms with Crippen molar-refractivity contribution in [1.29, 1.82) is 0 Å². The first kappa shape index (κ1) is 12.2. The number of hydrogen-bond acceptors (Lipinski definition) is 2. The second kappa shape index (κ2) is 4.94. The number of aryl methyl sites for hydroxylation is 2. The Morgan fingerprint density at radius 2 is 1.71 bits per heavy atom. The maximum atomic E-state index is 5.96. The van der Waals surface area contributed by atoms with E-state index in [0.29, 0.717) is 16.1 Å². The van der Waals surface area contributed by atoms with Crippen molar-refractivity contribution in [2.45, 2.75) is 13.8 Å². The Labute approximate surface area is 110 Å². The van der Waals surface area contributed by atoms with Gasteiger partial charge in [0, 0.05) is 11.1 Å². The molecule has 0 radical (unpaired) electrons. The zero-order chi connectivity index (χ0) is 12.4. The first-order valence-corrected chi connectivity index (χ1v) is 5.89. The van der Waals surface area contributed by atoms with Gasteiger partial charge in [-0.15, -0.1) is 0 Å². The molecule has 0 aliphatic carbocycles. The Balaban J connectivity index is 2.36. The second-order valence-corrected chi connectivity index (χ2v) is 4.59.